The molecule has 1 heterocycles. The maximum atomic E-state index is 5.72. The second-order valence-electron chi connectivity index (χ2n) is 3.48. The molecular weight excluding hydrogens is 256 g/mol. The fourth-order valence-corrected chi connectivity index (χ4v) is 2.11. The SMILES string of the molecule is CCC(CC)N(C)c1ncnc(N)c1Br. The van der Waals surface area contributed by atoms with Crippen molar-refractivity contribution in [3.8, 4) is 0 Å². The molecule has 0 spiro atoms. The van der Waals surface area contributed by atoms with Crippen LogP contribution in [0, 0.1) is 0 Å². The molecular formula is C10H17BrN4. The van der Waals surface area contributed by atoms with Gasteiger partial charge >= 0.3 is 0 Å². The Morgan fingerprint density at radius 1 is 1.40 bits per heavy atom. The number of nitrogens with two attached hydrogens (primary N) is 1. The van der Waals surface area contributed by atoms with Crippen LogP contribution in [0.1, 0.15) is 26.7 Å². The summed E-state index contributed by atoms with van der Waals surface area (Å²) in [5.41, 5.74) is 5.72. The Hall–Kier alpha value is -0.840. The highest BCUT2D eigenvalue weighted by atomic mass is 79.9. The van der Waals surface area contributed by atoms with E-state index in [0.717, 1.165) is 23.1 Å². The van der Waals surface area contributed by atoms with Gasteiger partial charge in [-0.25, -0.2) is 9.97 Å². The normalized spacial score (nSPS) is 10.7. The fourth-order valence-electron chi connectivity index (χ4n) is 1.63. The van der Waals surface area contributed by atoms with Gasteiger partial charge in [0.1, 0.15) is 22.4 Å². The molecule has 0 atom stereocenters. The third-order valence-corrected chi connectivity index (χ3v) is 3.38. The van der Waals surface area contributed by atoms with Gasteiger partial charge in [0.25, 0.3) is 0 Å². The van der Waals surface area contributed by atoms with Crippen molar-refractivity contribution in [3.63, 3.8) is 0 Å². The van der Waals surface area contributed by atoms with Crippen molar-refractivity contribution in [3.05, 3.63) is 10.8 Å². The van der Waals surface area contributed by atoms with Crippen molar-refractivity contribution >= 4 is 27.6 Å². The summed E-state index contributed by atoms with van der Waals surface area (Å²) in [6, 6.07) is 0.482. The quantitative estimate of drug-likeness (QED) is 0.915. The molecule has 0 aliphatic rings. The molecule has 84 valence electrons. The molecule has 0 amide bonds. The minimum absolute atomic E-state index is 0.482. The van der Waals surface area contributed by atoms with Crippen LogP contribution in [0.5, 0.6) is 0 Å². The standard InChI is InChI=1S/C10H17BrN4/c1-4-7(5-2)15(3)10-8(11)9(12)13-6-14-10/h6-7H,4-5H2,1-3H3,(H2,12,13,14). The molecule has 1 aromatic rings. The van der Waals surface area contributed by atoms with Gasteiger partial charge in [-0.15, -0.1) is 0 Å². The molecule has 5 heteroatoms. The summed E-state index contributed by atoms with van der Waals surface area (Å²) in [5.74, 6) is 1.34. The molecule has 1 aromatic heterocycles. The smallest absolute Gasteiger partial charge is 0.148 e. The van der Waals surface area contributed by atoms with Crippen LogP contribution in [0.2, 0.25) is 0 Å². The highest BCUT2D eigenvalue weighted by Gasteiger charge is 2.16. The number of aromatic nitrogens is 2. The van der Waals surface area contributed by atoms with Crippen molar-refractivity contribution in [2.75, 3.05) is 17.7 Å². The van der Waals surface area contributed by atoms with Gasteiger partial charge in [0, 0.05) is 13.1 Å². The number of hydrogen-bond acceptors (Lipinski definition) is 4. The molecule has 0 bridgehead atoms. The van der Waals surface area contributed by atoms with Gasteiger partial charge in [0.2, 0.25) is 0 Å². The largest absolute Gasteiger partial charge is 0.383 e. The first-order valence-electron chi connectivity index (χ1n) is 5.10. The predicted octanol–water partition coefficient (Wildman–Crippen LogP) is 2.45. The van der Waals surface area contributed by atoms with E-state index in [2.05, 4.69) is 44.6 Å². The summed E-state index contributed by atoms with van der Waals surface area (Å²) in [6.45, 7) is 4.34. The first-order chi connectivity index (χ1) is 7.11. The summed E-state index contributed by atoms with van der Waals surface area (Å²) < 4.78 is 0.777. The van der Waals surface area contributed by atoms with E-state index in [1.807, 2.05) is 7.05 Å². The van der Waals surface area contributed by atoms with Crippen LogP contribution in [0.15, 0.2) is 10.8 Å². The van der Waals surface area contributed by atoms with E-state index in [1.54, 1.807) is 0 Å². The summed E-state index contributed by atoms with van der Waals surface area (Å²) in [6.07, 6.45) is 3.67. The predicted molar refractivity (Wildman–Crippen MR) is 66.9 cm³/mol. The lowest BCUT2D eigenvalue weighted by Gasteiger charge is -2.28. The minimum Gasteiger partial charge on any atom is -0.383 e. The lowest BCUT2D eigenvalue weighted by atomic mass is 10.1. The lowest BCUT2D eigenvalue weighted by molar-refractivity contribution is 0.585. The molecule has 4 nitrogen and oxygen atoms in total. The second-order valence-corrected chi connectivity index (χ2v) is 4.27. The molecule has 1 rings (SSSR count). The molecule has 0 fully saturated rings. The van der Waals surface area contributed by atoms with Crippen LogP contribution in [0.4, 0.5) is 11.6 Å². The van der Waals surface area contributed by atoms with Crippen molar-refractivity contribution in [2.24, 2.45) is 0 Å². The van der Waals surface area contributed by atoms with Crippen molar-refractivity contribution < 1.29 is 0 Å². The van der Waals surface area contributed by atoms with Gasteiger partial charge in [-0.3, -0.25) is 0 Å². The molecule has 2 N–H and O–H groups in total. The van der Waals surface area contributed by atoms with Crippen molar-refractivity contribution in [1.29, 1.82) is 0 Å². The summed E-state index contributed by atoms with van der Waals surface area (Å²) in [5, 5.41) is 0. The number of halogens is 1. The van der Waals surface area contributed by atoms with E-state index in [0.29, 0.717) is 11.9 Å². The third kappa shape index (κ3) is 2.59. The van der Waals surface area contributed by atoms with Gasteiger partial charge in [0.05, 0.1) is 0 Å². The Balaban J connectivity index is 2.99. The van der Waals surface area contributed by atoms with Gasteiger partial charge in [-0.1, -0.05) is 13.8 Å². The molecule has 0 aromatic carbocycles. The Labute approximate surface area is 99.0 Å². The number of rotatable bonds is 4. The van der Waals surface area contributed by atoms with Crippen LogP contribution >= 0.6 is 15.9 Å². The average Bonchev–Trinajstić information content (AvgIpc) is 2.23. The number of hydrogen-bond donors (Lipinski definition) is 1. The monoisotopic (exact) mass is 272 g/mol. The van der Waals surface area contributed by atoms with E-state index in [-0.39, 0.29) is 0 Å². The number of nitrogen functional groups attached to an aromatic ring is 1. The van der Waals surface area contributed by atoms with E-state index >= 15 is 0 Å². The number of nitrogens with zero attached hydrogens (tertiary/aromatic N) is 3. The van der Waals surface area contributed by atoms with Gasteiger partial charge < -0.3 is 10.6 Å². The van der Waals surface area contributed by atoms with Crippen molar-refractivity contribution in [2.45, 2.75) is 32.7 Å². The van der Waals surface area contributed by atoms with E-state index in [1.165, 1.54) is 6.33 Å². The molecule has 0 aliphatic heterocycles. The Morgan fingerprint density at radius 3 is 2.53 bits per heavy atom. The maximum absolute atomic E-state index is 5.72. The molecule has 0 unspecified atom stereocenters. The lowest BCUT2D eigenvalue weighted by Crippen LogP contribution is -2.31. The van der Waals surface area contributed by atoms with Crippen LogP contribution < -0.4 is 10.6 Å². The van der Waals surface area contributed by atoms with Crippen LogP contribution in [-0.2, 0) is 0 Å². The molecule has 0 aliphatic carbocycles. The highest BCUT2D eigenvalue weighted by molar-refractivity contribution is 9.10. The van der Waals surface area contributed by atoms with Crippen molar-refractivity contribution in [1.82, 2.24) is 9.97 Å². The number of anilines is 2. The van der Waals surface area contributed by atoms with E-state index in [9.17, 15) is 0 Å². The van der Waals surface area contributed by atoms with Gasteiger partial charge in [-0.2, -0.15) is 0 Å². The van der Waals surface area contributed by atoms with E-state index in [4.69, 9.17) is 5.73 Å². The Morgan fingerprint density at radius 2 is 2.00 bits per heavy atom. The zero-order valence-electron chi connectivity index (χ0n) is 9.37. The van der Waals surface area contributed by atoms with E-state index < -0.39 is 0 Å². The summed E-state index contributed by atoms with van der Waals surface area (Å²) in [4.78, 5) is 10.3. The first-order valence-corrected chi connectivity index (χ1v) is 5.89. The summed E-state index contributed by atoms with van der Waals surface area (Å²) in [7, 11) is 2.03. The third-order valence-electron chi connectivity index (χ3n) is 2.62. The molecule has 0 radical (unpaired) electrons. The molecule has 15 heavy (non-hydrogen) atoms. The van der Waals surface area contributed by atoms with Crippen LogP contribution in [0.3, 0.4) is 0 Å². The molecule has 0 saturated carbocycles. The van der Waals surface area contributed by atoms with Crippen LogP contribution in [-0.4, -0.2) is 23.1 Å². The second kappa shape index (κ2) is 5.30. The zero-order chi connectivity index (χ0) is 11.4. The Bertz CT molecular complexity index is 325. The minimum atomic E-state index is 0.482. The van der Waals surface area contributed by atoms with Gasteiger partial charge in [-0.05, 0) is 28.8 Å². The average molecular weight is 273 g/mol. The first kappa shape index (κ1) is 12.2. The highest BCUT2D eigenvalue weighted by Crippen LogP contribution is 2.28. The zero-order valence-corrected chi connectivity index (χ0v) is 11.0. The molecule has 0 saturated heterocycles. The summed E-state index contributed by atoms with van der Waals surface area (Å²) >= 11 is 3.42. The van der Waals surface area contributed by atoms with Gasteiger partial charge in [0.15, 0.2) is 0 Å². The topological polar surface area (TPSA) is 55.0 Å². The Kier molecular flexibility index (Phi) is 4.32. The van der Waals surface area contributed by atoms with Crippen LogP contribution in [0.25, 0.3) is 0 Å². The maximum Gasteiger partial charge on any atom is 0.148 e. The fraction of sp³-hybridized carbons (Fsp3) is 0.600.